The number of carbonyl (C=O) groups is 1. The van der Waals surface area contributed by atoms with Crippen molar-refractivity contribution in [2.45, 2.75) is 0 Å². The first-order chi connectivity index (χ1) is 9.58. The maximum Gasteiger partial charge on any atom is 0.269 e. The van der Waals surface area contributed by atoms with Crippen molar-refractivity contribution in [1.29, 1.82) is 0 Å². The Hall–Kier alpha value is -2.82. The van der Waals surface area contributed by atoms with Crippen molar-refractivity contribution in [3.8, 4) is 0 Å². The van der Waals surface area contributed by atoms with E-state index in [0.29, 0.717) is 5.56 Å². The van der Waals surface area contributed by atoms with Crippen LogP contribution >= 0.6 is 0 Å². The van der Waals surface area contributed by atoms with Gasteiger partial charge in [0.2, 0.25) is 5.78 Å². The highest BCUT2D eigenvalue weighted by Gasteiger charge is 2.11. The molecule has 0 saturated carbocycles. The predicted octanol–water partition coefficient (Wildman–Crippen LogP) is 3.79. The predicted molar refractivity (Wildman–Crippen MR) is 73.0 cm³/mol. The van der Waals surface area contributed by atoms with E-state index in [9.17, 15) is 19.3 Å². The molecule has 0 amide bonds. The highest BCUT2D eigenvalue weighted by Crippen LogP contribution is 2.17. The zero-order chi connectivity index (χ0) is 14.5. The summed E-state index contributed by atoms with van der Waals surface area (Å²) >= 11 is 0. The minimum absolute atomic E-state index is 0.0862. The number of carbonyl (C=O) groups excluding carboxylic acids is 1. The molecule has 0 saturated heterocycles. The van der Waals surface area contributed by atoms with Crippen LogP contribution in [0.1, 0.15) is 15.9 Å². The number of benzene rings is 2. The molecule has 0 aliphatic heterocycles. The topological polar surface area (TPSA) is 60.2 Å². The number of rotatable bonds is 4. The molecule has 0 heterocycles. The van der Waals surface area contributed by atoms with Gasteiger partial charge < -0.3 is 0 Å². The summed E-state index contributed by atoms with van der Waals surface area (Å²) in [6.07, 6.45) is 1.05. The smallest absolute Gasteiger partial charge is 0.269 e. The Morgan fingerprint density at radius 3 is 2.20 bits per heavy atom. The van der Waals surface area contributed by atoms with Crippen molar-refractivity contribution in [2.24, 2.45) is 0 Å². The molecule has 0 N–H and O–H groups in total. The number of hydrogen-bond donors (Lipinski definition) is 0. The molecule has 0 aliphatic carbocycles. The third-order valence-electron chi connectivity index (χ3n) is 2.65. The number of hydrogen-bond acceptors (Lipinski definition) is 3. The number of Topliss-reactive ketones (excluding diaryl/α,β-unsaturated/α-hetero) is 1. The van der Waals surface area contributed by atoms with Gasteiger partial charge in [0.15, 0.2) is 5.83 Å². The molecule has 0 aliphatic rings. The normalized spacial score (nSPS) is 11.2. The first-order valence-corrected chi connectivity index (χ1v) is 5.79. The molecule has 20 heavy (non-hydrogen) atoms. The summed E-state index contributed by atoms with van der Waals surface area (Å²) in [7, 11) is 0. The number of nitro benzene ring substituents is 1. The lowest BCUT2D eigenvalue weighted by Gasteiger charge is -1.98. The largest absolute Gasteiger partial charge is 0.286 e. The van der Waals surface area contributed by atoms with Crippen molar-refractivity contribution < 1.29 is 14.1 Å². The molecule has 2 aromatic carbocycles. The van der Waals surface area contributed by atoms with Crippen LogP contribution in [0.5, 0.6) is 0 Å². The molecule has 100 valence electrons. The van der Waals surface area contributed by atoms with Gasteiger partial charge in [-0.25, -0.2) is 4.39 Å². The summed E-state index contributed by atoms with van der Waals surface area (Å²) in [5.41, 5.74) is 0.553. The highest BCUT2D eigenvalue weighted by molar-refractivity contribution is 6.09. The van der Waals surface area contributed by atoms with Gasteiger partial charge >= 0.3 is 0 Å². The van der Waals surface area contributed by atoms with E-state index in [1.165, 1.54) is 36.4 Å². The summed E-state index contributed by atoms with van der Waals surface area (Å²) in [6, 6.07) is 13.3. The van der Waals surface area contributed by atoms with Crippen molar-refractivity contribution in [1.82, 2.24) is 0 Å². The molecule has 0 unspecified atom stereocenters. The molecule has 0 atom stereocenters. The average molecular weight is 271 g/mol. The van der Waals surface area contributed by atoms with Gasteiger partial charge in [0.05, 0.1) is 4.92 Å². The van der Waals surface area contributed by atoms with E-state index in [4.69, 9.17) is 0 Å². The number of non-ortho nitro benzene ring substituents is 1. The van der Waals surface area contributed by atoms with Crippen molar-refractivity contribution >= 4 is 17.5 Å². The molecular weight excluding hydrogens is 261 g/mol. The van der Waals surface area contributed by atoms with E-state index in [-0.39, 0.29) is 11.3 Å². The van der Waals surface area contributed by atoms with Crippen molar-refractivity contribution in [3.63, 3.8) is 0 Å². The Kier molecular flexibility index (Phi) is 4.00. The summed E-state index contributed by atoms with van der Waals surface area (Å²) in [6.45, 7) is 0. The SMILES string of the molecule is O=C(/C(F)=C/c1ccc([N+](=O)[O-])cc1)c1ccccc1. The lowest BCUT2D eigenvalue weighted by Crippen LogP contribution is -1.98. The van der Waals surface area contributed by atoms with Crippen LogP contribution in [-0.4, -0.2) is 10.7 Å². The second-order valence-electron chi connectivity index (χ2n) is 4.04. The third kappa shape index (κ3) is 3.14. The monoisotopic (exact) mass is 271 g/mol. The number of allylic oxidation sites excluding steroid dienone is 1. The van der Waals surface area contributed by atoms with Crippen molar-refractivity contribution in [3.05, 3.63) is 81.7 Å². The van der Waals surface area contributed by atoms with Crippen LogP contribution in [0.3, 0.4) is 0 Å². The second-order valence-corrected chi connectivity index (χ2v) is 4.04. The molecule has 0 bridgehead atoms. The Balaban J connectivity index is 2.22. The maximum atomic E-state index is 13.8. The van der Waals surface area contributed by atoms with Gasteiger partial charge in [0.1, 0.15) is 0 Å². The van der Waals surface area contributed by atoms with Gasteiger partial charge in [-0.2, -0.15) is 0 Å². The molecule has 0 radical (unpaired) electrons. The van der Waals surface area contributed by atoms with Crippen LogP contribution in [0.4, 0.5) is 10.1 Å². The van der Waals surface area contributed by atoms with Crippen LogP contribution in [0, 0.1) is 10.1 Å². The van der Waals surface area contributed by atoms with E-state index in [0.717, 1.165) is 6.08 Å². The van der Waals surface area contributed by atoms with Gasteiger partial charge in [0.25, 0.3) is 5.69 Å². The average Bonchev–Trinajstić information content (AvgIpc) is 2.48. The number of nitrogens with zero attached hydrogens (tertiary/aromatic N) is 1. The lowest BCUT2D eigenvalue weighted by molar-refractivity contribution is -0.384. The lowest BCUT2D eigenvalue weighted by atomic mass is 10.1. The van der Waals surface area contributed by atoms with Crippen LogP contribution in [0.2, 0.25) is 0 Å². The standard InChI is InChI=1S/C15H10FNO3/c16-14(15(18)12-4-2-1-3-5-12)10-11-6-8-13(9-7-11)17(19)20/h1-10H/b14-10-. The van der Waals surface area contributed by atoms with Gasteiger partial charge in [-0.3, -0.25) is 14.9 Å². The van der Waals surface area contributed by atoms with E-state index in [2.05, 4.69) is 0 Å². The Morgan fingerprint density at radius 2 is 1.65 bits per heavy atom. The van der Waals surface area contributed by atoms with Gasteiger partial charge in [-0.15, -0.1) is 0 Å². The van der Waals surface area contributed by atoms with Crippen LogP contribution in [0.15, 0.2) is 60.4 Å². The van der Waals surface area contributed by atoms with E-state index in [1.807, 2.05) is 0 Å². The molecule has 4 nitrogen and oxygen atoms in total. The quantitative estimate of drug-likeness (QED) is 0.368. The molecule has 2 rings (SSSR count). The summed E-state index contributed by atoms with van der Waals surface area (Å²) in [5.74, 6) is -1.63. The molecule has 5 heteroatoms. The van der Waals surface area contributed by atoms with Crippen LogP contribution in [-0.2, 0) is 0 Å². The highest BCUT2D eigenvalue weighted by atomic mass is 19.1. The Bertz CT molecular complexity index is 663. The van der Waals surface area contributed by atoms with Crippen LogP contribution < -0.4 is 0 Å². The molecule has 0 spiro atoms. The first-order valence-electron chi connectivity index (χ1n) is 5.79. The zero-order valence-corrected chi connectivity index (χ0v) is 10.3. The van der Waals surface area contributed by atoms with Gasteiger partial charge in [-0.1, -0.05) is 30.3 Å². The van der Waals surface area contributed by atoms with Crippen LogP contribution in [0.25, 0.3) is 6.08 Å². The molecule has 2 aromatic rings. The van der Waals surface area contributed by atoms with Gasteiger partial charge in [-0.05, 0) is 23.8 Å². The number of nitro groups is 1. The van der Waals surface area contributed by atoms with E-state index in [1.54, 1.807) is 18.2 Å². The fourth-order valence-electron chi connectivity index (χ4n) is 1.63. The molecule has 0 fully saturated rings. The van der Waals surface area contributed by atoms with E-state index < -0.39 is 16.5 Å². The number of ketones is 1. The summed E-state index contributed by atoms with van der Waals surface area (Å²) in [5, 5.41) is 10.5. The second kappa shape index (κ2) is 5.88. The maximum absolute atomic E-state index is 13.8. The number of halogens is 1. The fourth-order valence-corrected chi connectivity index (χ4v) is 1.63. The summed E-state index contributed by atoms with van der Waals surface area (Å²) in [4.78, 5) is 21.7. The summed E-state index contributed by atoms with van der Waals surface area (Å²) < 4.78 is 13.8. The zero-order valence-electron chi connectivity index (χ0n) is 10.3. The first kappa shape index (κ1) is 13.6. The minimum Gasteiger partial charge on any atom is -0.286 e. The molecular formula is C15H10FNO3. The minimum atomic E-state index is -0.912. The third-order valence-corrected chi connectivity index (χ3v) is 2.65. The van der Waals surface area contributed by atoms with E-state index >= 15 is 0 Å². The molecule has 0 aromatic heterocycles. The van der Waals surface area contributed by atoms with Gasteiger partial charge in [0, 0.05) is 17.7 Å². The Morgan fingerprint density at radius 1 is 1.05 bits per heavy atom. The Labute approximate surface area is 114 Å². The van der Waals surface area contributed by atoms with Crippen molar-refractivity contribution in [2.75, 3.05) is 0 Å². The fraction of sp³-hybridized carbons (Fsp3) is 0.